The molecule has 7 heteroatoms. The molecule has 0 aromatic carbocycles. The van der Waals surface area contributed by atoms with E-state index in [4.69, 9.17) is 4.74 Å². The van der Waals surface area contributed by atoms with Crippen LogP contribution in [0.2, 0.25) is 0 Å². The third kappa shape index (κ3) is 21.4. The molecule has 0 N–H and O–H groups in total. The molecular weight excluding hydrogens is 423 g/mol. The summed E-state index contributed by atoms with van der Waals surface area (Å²) >= 11 is 0. The molecule has 0 radical (unpaired) electrons. The maximum absolute atomic E-state index is 11.7. The van der Waals surface area contributed by atoms with Gasteiger partial charge in [0.15, 0.2) is 6.10 Å². The minimum atomic E-state index is -1.49. The van der Waals surface area contributed by atoms with Crippen molar-refractivity contribution >= 4 is 17.9 Å². The zero-order valence-corrected chi connectivity index (χ0v) is 23.3. The number of carbonyl (C=O) groups excluding carboxylic acids is 3. The van der Waals surface area contributed by atoms with E-state index in [2.05, 4.69) is 23.8 Å². The number of unbranched alkanes of at least 4 members (excludes halogenated alkanes) is 11. The van der Waals surface area contributed by atoms with Gasteiger partial charge in [-0.2, -0.15) is 0 Å². The second kappa shape index (κ2) is 23.0. The van der Waals surface area contributed by atoms with Crippen LogP contribution >= 0.6 is 0 Å². The number of allylic oxidation sites excluding steroid dienone is 2. The van der Waals surface area contributed by atoms with Gasteiger partial charge in [-0.05, 0) is 46.0 Å². The number of carboxylic acid groups (broad SMARTS) is 1. The summed E-state index contributed by atoms with van der Waals surface area (Å²) in [6.45, 7) is 4.79. The van der Waals surface area contributed by atoms with E-state index in [0.29, 0.717) is 6.42 Å². The van der Waals surface area contributed by atoms with Gasteiger partial charge in [-0.25, -0.2) is 4.79 Å². The summed E-state index contributed by atoms with van der Waals surface area (Å²) in [4.78, 5) is 33.9. The average molecular weight is 465 g/mol. The Hall–Kier alpha value is -0.214. The topological polar surface area (TPSA) is 92.7 Å². The van der Waals surface area contributed by atoms with Gasteiger partial charge in [0.25, 0.3) is 0 Å². The zero-order chi connectivity index (χ0) is 22.6. The third-order valence-corrected chi connectivity index (χ3v) is 4.91. The van der Waals surface area contributed by atoms with Crippen molar-refractivity contribution in [2.24, 2.45) is 0 Å². The Kier molecular flexibility index (Phi) is 24.4. The Morgan fingerprint density at radius 2 is 1.23 bits per heavy atom. The van der Waals surface area contributed by atoms with E-state index in [-0.39, 0.29) is 57.8 Å². The maximum atomic E-state index is 11.7. The molecule has 0 fully saturated rings. The van der Waals surface area contributed by atoms with Gasteiger partial charge in [0, 0.05) is 6.42 Å². The van der Waals surface area contributed by atoms with E-state index in [0.717, 1.165) is 32.1 Å². The number of aliphatic carboxylic acids is 1. The van der Waals surface area contributed by atoms with Crippen LogP contribution < -0.4 is 56.5 Å². The molecule has 0 aliphatic heterocycles. The number of hydrogen-bond donors (Lipinski definition) is 0. The van der Waals surface area contributed by atoms with Crippen LogP contribution in [0.5, 0.6) is 0 Å². The Bertz CT molecular complexity index is 506. The molecule has 0 aliphatic carbocycles. The monoisotopic (exact) mass is 464 g/mol. The Balaban J connectivity index is 0. The van der Waals surface area contributed by atoms with Crippen LogP contribution in [-0.2, 0) is 23.9 Å². The van der Waals surface area contributed by atoms with Crippen LogP contribution in [0, 0.1) is 0 Å². The van der Waals surface area contributed by atoms with Crippen LogP contribution in [0.3, 0.4) is 0 Å². The van der Waals surface area contributed by atoms with Crippen LogP contribution in [0.4, 0.5) is 0 Å². The van der Waals surface area contributed by atoms with Crippen molar-refractivity contribution in [3.63, 3.8) is 0 Å². The molecule has 0 heterocycles. The Morgan fingerprint density at radius 3 is 1.74 bits per heavy atom. The number of esters is 2. The SMILES string of the molecule is CCCCCCCC/C=C\CCCCCCCC(=O)OC(C)C(=O)OC(C)C(=O)[O-].[K+]. The summed E-state index contributed by atoms with van der Waals surface area (Å²) in [5.41, 5.74) is 0. The van der Waals surface area contributed by atoms with Gasteiger partial charge >= 0.3 is 63.3 Å². The van der Waals surface area contributed by atoms with Gasteiger partial charge in [-0.1, -0.05) is 70.4 Å². The fourth-order valence-electron chi connectivity index (χ4n) is 2.96. The molecule has 6 nitrogen and oxygen atoms in total. The van der Waals surface area contributed by atoms with Crippen molar-refractivity contribution in [3.8, 4) is 0 Å². The summed E-state index contributed by atoms with van der Waals surface area (Å²) in [5.74, 6) is -2.85. The summed E-state index contributed by atoms with van der Waals surface area (Å²) in [6.07, 6.45) is 17.7. The number of rotatable bonds is 19. The summed E-state index contributed by atoms with van der Waals surface area (Å²) in [6, 6.07) is 0. The van der Waals surface area contributed by atoms with Gasteiger partial charge in [-0.15, -0.1) is 0 Å². The summed E-state index contributed by atoms with van der Waals surface area (Å²) in [5, 5.41) is 10.5. The van der Waals surface area contributed by atoms with Crippen molar-refractivity contribution in [1.29, 1.82) is 0 Å². The van der Waals surface area contributed by atoms with E-state index < -0.39 is 30.1 Å². The summed E-state index contributed by atoms with van der Waals surface area (Å²) < 4.78 is 9.60. The minimum Gasteiger partial charge on any atom is -0.546 e. The van der Waals surface area contributed by atoms with Crippen molar-refractivity contribution in [1.82, 2.24) is 0 Å². The first kappa shape index (κ1) is 33.0. The van der Waals surface area contributed by atoms with Crippen LogP contribution in [0.25, 0.3) is 0 Å². The van der Waals surface area contributed by atoms with Crippen LogP contribution in [-0.4, -0.2) is 30.1 Å². The van der Waals surface area contributed by atoms with E-state index in [1.807, 2.05) is 0 Å². The molecule has 0 aliphatic rings. The maximum Gasteiger partial charge on any atom is 1.00 e. The molecule has 31 heavy (non-hydrogen) atoms. The molecule has 0 saturated heterocycles. The van der Waals surface area contributed by atoms with Gasteiger partial charge in [0.1, 0.15) is 6.10 Å². The van der Waals surface area contributed by atoms with Gasteiger partial charge in [0.05, 0.1) is 5.97 Å². The fourth-order valence-corrected chi connectivity index (χ4v) is 2.96. The average Bonchev–Trinajstić information content (AvgIpc) is 2.70. The van der Waals surface area contributed by atoms with Gasteiger partial charge in [-0.3, -0.25) is 4.79 Å². The Morgan fingerprint density at radius 1 is 0.742 bits per heavy atom. The minimum absolute atomic E-state index is 0. The number of ether oxygens (including phenoxy) is 2. The van der Waals surface area contributed by atoms with Crippen molar-refractivity contribution < 1.29 is 80.3 Å². The van der Waals surface area contributed by atoms with E-state index >= 15 is 0 Å². The van der Waals surface area contributed by atoms with E-state index in [1.165, 1.54) is 58.8 Å². The van der Waals surface area contributed by atoms with Crippen molar-refractivity contribution in [2.45, 2.75) is 123 Å². The standard InChI is InChI=1S/C24H42O6.K/c1-4-5-6-7-8-9-10-11-12-13-14-15-16-17-18-19-22(25)29-21(3)24(28)30-20(2)23(26)27;/h11-12,20-21H,4-10,13-19H2,1-3H3,(H,26,27);/q;+1/p-1/b12-11-;. The number of carboxylic acids is 1. The Labute approximate surface area is 231 Å². The second-order valence-corrected chi connectivity index (χ2v) is 7.86. The van der Waals surface area contributed by atoms with E-state index in [1.54, 1.807) is 0 Å². The first-order valence-corrected chi connectivity index (χ1v) is 11.6. The number of hydrogen-bond acceptors (Lipinski definition) is 6. The normalized spacial score (nSPS) is 12.7. The second-order valence-electron chi connectivity index (χ2n) is 7.86. The predicted octanol–water partition coefficient (Wildman–Crippen LogP) is 1.64. The van der Waals surface area contributed by atoms with Crippen molar-refractivity contribution in [2.75, 3.05) is 0 Å². The molecule has 174 valence electrons. The molecular formula is C24H41KO6. The largest absolute Gasteiger partial charge is 1.00 e. The summed E-state index contributed by atoms with van der Waals surface area (Å²) in [7, 11) is 0. The predicted molar refractivity (Wildman–Crippen MR) is 116 cm³/mol. The van der Waals surface area contributed by atoms with Gasteiger partial charge < -0.3 is 19.4 Å². The zero-order valence-electron chi connectivity index (χ0n) is 20.2. The quantitative estimate of drug-likeness (QED) is 0.125. The first-order valence-electron chi connectivity index (χ1n) is 11.6. The smallest absolute Gasteiger partial charge is 0.546 e. The number of carbonyl (C=O) groups is 3. The molecule has 0 saturated carbocycles. The van der Waals surface area contributed by atoms with Crippen LogP contribution in [0.1, 0.15) is 111 Å². The molecule has 0 spiro atoms. The van der Waals surface area contributed by atoms with Crippen molar-refractivity contribution in [3.05, 3.63) is 12.2 Å². The molecule has 0 aromatic rings. The molecule has 0 amide bonds. The molecule has 0 bridgehead atoms. The van der Waals surface area contributed by atoms with Crippen LogP contribution in [0.15, 0.2) is 12.2 Å². The molecule has 2 atom stereocenters. The first-order chi connectivity index (χ1) is 14.4. The molecule has 0 rings (SSSR count). The molecule has 0 aromatic heterocycles. The van der Waals surface area contributed by atoms with E-state index in [9.17, 15) is 19.5 Å². The fraction of sp³-hybridized carbons (Fsp3) is 0.792. The van der Waals surface area contributed by atoms with Gasteiger partial charge in [0.2, 0.25) is 0 Å². The third-order valence-electron chi connectivity index (χ3n) is 4.91. The molecule has 2 unspecified atom stereocenters.